The van der Waals surface area contributed by atoms with Crippen LogP contribution >= 0.6 is 0 Å². The van der Waals surface area contributed by atoms with E-state index in [0.29, 0.717) is 0 Å². The Bertz CT molecular complexity index is 2060. The second kappa shape index (κ2) is 14.3. The summed E-state index contributed by atoms with van der Waals surface area (Å²) >= 11 is 0. The lowest BCUT2D eigenvalue weighted by atomic mass is 9.99. The highest BCUT2D eigenvalue weighted by Crippen LogP contribution is 2.36. The number of nitrogens with zero attached hydrogens (tertiary/aromatic N) is 6. The number of fused-ring (bicyclic) bond motifs is 2. The van der Waals surface area contributed by atoms with Gasteiger partial charge in [0.1, 0.15) is 11.6 Å². The van der Waals surface area contributed by atoms with E-state index in [9.17, 15) is 9.59 Å². The maximum Gasteiger partial charge on any atom is 0.321 e. The maximum atomic E-state index is 13.6. The molecule has 2 unspecified atom stereocenters. The number of H-pyrrole nitrogens is 2. The van der Waals surface area contributed by atoms with Crippen LogP contribution in [-0.2, 0) is 0 Å². The predicted molar refractivity (Wildman–Crippen MR) is 209 cm³/mol. The van der Waals surface area contributed by atoms with Crippen molar-refractivity contribution in [1.29, 1.82) is 0 Å². The molecule has 2 aliphatic heterocycles. The summed E-state index contributed by atoms with van der Waals surface area (Å²) in [6, 6.07) is 20.1. The smallest absolute Gasteiger partial charge is 0.321 e. The van der Waals surface area contributed by atoms with E-state index in [1.807, 2.05) is 25.8 Å². The Hall–Kier alpha value is -4.86. The van der Waals surface area contributed by atoms with Crippen LogP contribution in [0, 0.1) is 0 Å². The lowest BCUT2D eigenvalue weighted by Gasteiger charge is -2.36. The first kappa shape index (κ1) is 35.5. The standard InChI is InChI=1S/C42H54N8O2/c1-25(2)49(26(3)4)41(51)47-19-9-11-37(47)39-43-24-36(46-39)33-16-15-29-21-30(13-14-31(29)22-33)32-17-18-34-35(23-32)45-40(44-34)38-12-10-20-48(38)42(52)50(27(5)6)28(7)8/h13-18,21-28,37-38H,9-12,19-20H2,1-8H3,(H,43,46)(H,44,45). The first-order valence-corrected chi connectivity index (χ1v) is 19.2. The van der Waals surface area contributed by atoms with E-state index in [1.165, 1.54) is 0 Å². The number of benzene rings is 3. The Kier molecular flexibility index (Phi) is 9.76. The van der Waals surface area contributed by atoms with Crippen LogP contribution in [0.2, 0.25) is 0 Å². The van der Waals surface area contributed by atoms with E-state index in [4.69, 9.17) is 9.97 Å². The molecule has 2 atom stereocenters. The Morgan fingerprint density at radius 2 is 1.15 bits per heavy atom. The Morgan fingerprint density at radius 3 is 1.73 bits per heavy atom. The zero-order valence-electron chi connectivity index (χ0n) is 32.0. The Balaban J connectivity index is 1.09. The van der Waals surface area contributed by atoms with Crippen LogP contribution in [0.25, 0.3) is 44.2 Å². The Labute approximate surface area is 307 Å². The van der Waals surface area contributed by atoms with Crippen molar-refractivity contribution in [2.24, 2.45) is 0 Å². The fraction of sp³-hybridized carbons (Fsp3) is 0.476. The monoisotopic (exact) mass is 702 g/mol. The molecule has 274 valence electrons. The van der Waals surface area contributed by atoms with Gasteiger partial charge in [0.05, 0.1) is 35.0 Å². The molecule has 52 heavy (non-hydrogen) atoms. The lowest BCUT2D eigenvalue weighted by Crippen LogP contribution is -2.49. The summed E-state index contributed by atoms with van der Waals surface area (Å²) in [5, 5.41) is 2.30. The van der Waals surface area contributed by atoms with Crippen LogP contribution in [0.1, 0.15) is 105 Å². The summed E-state index contributed by atoms with van der Waals surface area (Å²) in [5.74, 6) is 1.71. The summed E-state index contributed by atoms with van der Waals surface area (Å²) < 4.78 is 0. The third-order valence-corrected chi connectivity index (χ3v) is 10.9. The third-order valence-electron chi connectivity index (χ3n) is 10.9. The quantitative estimate of drug-likeness (QED) is 0.168. The van der Waals surface area contributed by atoms with Gasteiger partial charge in [0.2, 0.25) is 0 Å². The zero-order chi connectivity index (χ0) is 36.8. The minimum atomic E-state index is -0.0520. The molecule has 10 heteroatoms. The minimum absolute atomic E-state index is 0.0488. The Morgan fingerprint density at radius 1 is 0.654 bits per heavy atom. The van der Waals surface area contributed by atoms with Crippen LogP contribution in [-0.4, -0.2) is 88.9 Å². The maximum absolute atomic E-state index is 13.6. The van der Waals surface area contributed by atoms with E-state index in [1.54, 1.807) is 0 Å². The molecule has 3 aromatic carbocycles. The van der Waals surface area contributed by atoms with E-state index < -0.39 is 0 Å². The number of amides is 4. The molecule has 0 bridgehead atoms. The van der Waals surface area contributed by atoms with Crippen LogP contribution in [0.15, 0.2) is 60.8 Å². The summed E-state index contributed by atoms with van der Waals surface area (Å²) in [6.07, 6.45) is 5.65. The van der Waals surface area contributed by atoms with Gasteiger partial charge in [-0.1, -0.05) is 30.3 Å². The van der Waals surface area contributed by atoms with Gasteiger partial charge in [0.25, 0.3) is 0 Å². The molecule has 2 aliphatic rings. The highest BCUT2D eigenvalue weighted by atomic mass is 16.2. The predicted octanol–water partition coefficient (Wildman–Crippen LogP) is 9.52. The van der Waals surface area contributed by atoms with Gasteiger partial charge in [0, 0.05) is 42.8 Å². The molecule has 2 N–H and O–H groups in total. The number of rotatable bonds is 8. The fourth-order valence-corrected chi connectivity index (χ4v) is 8.54. The van der Waals surface area contributed by atoms with Crippen molar-refractivity contribution in [1.82, 2.24) is 39.5 Å². The second-order valence-electron chi connectivity index (χ2n) is 15.8. The van der Waals surface area contributed by atoms with Gasteiger partial charge in [0.15, 0.2) is 0 Å². The molecular weight excluding hydrogens is 649 g/mol. The highest BCUT2D eigenvalue weighted by Gasteiger charge is 2.37. The molecule has 7 rings (SSSR count). The average Bonchev–Trinajstić information content (AvgIpc) is 3.92. The van der Waals surface area contributed by atoms with Crippen molar-refractivity contribution >= 4 is 33.9 Å². The lowest BCUT2D eigenvalue weighted by molar-refractivity contribution is 0.118. The summed E-state index contributed by atoms with van der Waals surface area (Å²) in [7, 11) is 0. The van der Waals surface area contributed by atoms with E-state index >= 15 is 0 Å². The zero-order valence-corrected chi connectivity index (χ0v) is 32.0. The number of aromatic amines is 2. The van der Waals surface area contributed by atoms with Crippen molar-refractivity contribution in [2.75, 3.05) is 13.1 Å². The molecule has 10 nitrogen and oxygen atoms in total. The number of nitrogens with one attached hydrogen (secondary N) is 2. The molecule has 2 aromatic heterocycles. The third kappa shape index (κ3) is 6.63. The molecule has 0 aliphatic carbocycles. The fourth-order valence-electron chi connectivity index (χ4n) is 8.54. The first-order valence-electron chi connectivity index (χ1n) is 19.2. The van der Waals surface area contributed by atoms with Gasteiger partial charge >= 0.3 is 12.1 Å². The molecule has 0 saturated carbocycles. The van der Waals surface area contributed by atoms with Crippen molar-refractivity contribution in [2.45, 2.75) is 117 Å². The van der Waals surface area contributed by atoms with Crippen molar-refractivity contribution in [3.8, 4) is 22.4 Å². The van der Waals surface area contributed by atoms with Crippen molar-refractivity contribution < 1.29 is 9.59 Å². The SMILES string of the molecule is CC(C)N(C(=O)N1CCCC1c1ncc(-c2ccc3cc(-c4ccc5nc(C6CCCN6C(=O)N(C(C)C)C(C)C)[nH]c5c4)ccc3c2)[nH]1)C(C)C. The molecule has 4 amide bonds. The van der Waals surface area contributed by atoms with Crippen LogP contribution < -0.4 is 0 Å². The minimum Gasteiger partial charge on any atom is -0.340 e. The largest absolute Gasteiger partial charge is 0.340 e. The van der Waals surface area contributed by atoms with Gasteiger partial charge in [-0.05, 0) is 127 Å². The van der Waals surface area contributed by atoms with Crippen LogP contribution in [0.5, 0.6) is 0 Å². The van der Waals surface area contributed by atoms with Gasteiger partial charge in [-0.2, -0.15) is 0 Å². The second-order valence-corrected chi connectivity index (χ2v) is 15.8. The molecule has 2 saturated heterocycles. The number of hydrogen-bond acceptors (Lipinski definition) is 4. The number of likely N-dealkylation sites (tertiary alicyclic amines) is 2. The molecular formula is C42H54N8O2. The molecule has 4 heterocycles. The number of hydrogen-bond donors (Lipinski definition) is 2. The van der Waals surface area contributed by atoms with E-state index in [2.05, 4.69) is 120 Å². The highest BCUT2D eigenvalue weighted by molar-refractivity contribution is 5.92. The normalized spacial score (nSPS) is 17.9. The number of imidazole rings is 2. The molecule has 2 fully saturated rings. The van der Waals surface area contributed by atoms with Gasteiger partial charge < -0.3 is 29.6 Å². The van der Waals surface area contributed by atoms with Crippen LogP contribution in [0.4, 0.5) is 9.59 Å². The topological polar surface area (TPSA) is 104 Å². The van der Waals surface area contributed by atoms with Crippen LogP contribution in [0.3, 0.4) is 0 Å². The van der Waals surface area contributed by atoms with E-state index in [-0.39, 0.29) is 48.3 Å². The van der Waals surface area contributed by atoms with Gasteiger partial charge in [-0.25, -0.2) is 19.6 Å². The molecule has 0 spiro atoms. The number of carbonyl (C=O) groups excluding carboxylic acids is 2. The molecule has 5 aromatic rings. The summed E-state index contributed by atoms with van der Waals surface area (Å²) in [4.78, 5) is 52.0. The number of carbonyl (C=O) groups is 2. The van der Waals surface area contributed by atoms with Gasteiger partial charge in [-0.15, -0.1) is 0 Å². The molecule has 0 radical (unpaired) electrons. The number of aromatic nitrogens is 4. The summed E-state index contributed by atoms with van der Waals surface area (Å²) in [6.45, 7) is 18.1. The van der Waals surface area contributed by atoms with Crippen molar-refractivity contribution in [3.63, 3.8) is 0 Å². The van der Waals surface area contributed by atoms with Gasteiger partial charge in [-0.3, -0.25) is 0 Å². The first-order chi connectivity index (χ1) is 24.9. The van der Waals surface area contributed by atoms with E-state index in [0.717, 1.165) is 94.6 Å². The van der Waals surface area contributed by atoms with Crippen molar-refractivity contribution in [3.05, 3.63) is 72.4 Å². The average molecular weight is 703 g/mol. The summed E-state index contributed by atoms with van der Waals surface area (Å²) in [5.41, 5.74) is 6.15. The number of urea groups is 2.